The summed E-state index contributed by atoms with van der Waals surface area (Å²) in [5.74, 6) is 0. The van der Waals surface area contributed by atoms with Crippen LogP contribution >= 0.6 is 22.6 Å². The van der Waals surface area contributed by atoms with Crippen molar-refractivity contribution in [2.45, 2.75) is 6.18 Å². The summed E-state index contributed by atoms with van der Waals surface area (Å²) in [6.45, 7) is 0. The molecule has 0 radical (unpaired) electrons. The lowest BCUT2D eigenvalue weighted by Gasteiger charge is -2.04. The number of halogens is 4. The fraction of sp³-hybridized carbons (Fsp3) is 0.167. The van der Waals surface area contributed by atoms with Gasteiger partial charge in [-0.2, -0.15) is 13.2 Å². The van der Waals surface area contributed by atoms with Crippen LogP contribution < -0.4 is 0 Å². The van der Waals surface area contributed by atoms with E-state index in [4.69, 9.17) is 0 Å². The fourth-order valence-electron chi connectivity index (χ4n) is 0.597. The number of aldehydes is 1. The Morgan fingerprint density at radius 2 is 2.00 bits per heavy atom. The van der Waals surface area contributed by atoms with Crippen LogP contribution in [0.5, 0.6) is 0 Å². The first kappa shape index (κ1) is 10.4. The molecule has 1 aromatic heterocycles. The van der Waals surface area contributed by atoms with Crippen LogP contribution in [0.3, 0.4) is 0 Å². The Morgan fingerprint density at radius 3 is 2.38 bits per heavy atom. The zero-order chi connectivity index (χ0) is 10.1. The highest BCUT2D eigenvalue weighted by Gasteiger charge is 2.33. The molecular formula is C6H2F3IN2O. The van der Waals surface area contributed by atoms with Gasteiger partial charge in [-0.3, -0.25) is 4.79 Å². The van der Waals surface area contributed by atoms with Crippen LogP contribution in [0.1, 0.15) is 16.2 Å². The van der Waals surface area contributed by atoms with Gasteiger partial charge in [0.2, 0.25) is 0 Å². The third-order valence-electron chi connectivity index (χ3n) is 1.18. The van der Waals surface area contributed by atoms with Crippen molar-refractivity contribution in [3.05, 3.63) is 21.0 Å². The molecule has 3 nitrogen and oxygen atoms in total. The highest BCUT2D eigenvalue weighted by atomic mass is 127. The molecule has 1 aromatic rings. The number of rotatable bonds is 1. The summed E-state index contributed by atoms with van der Waals surface area (Å²) in [6.07, 6.45) is -4.16. The van der Waals surface area contributed by atoms with Gasteiger partial charge in [0.25, 0.3) is 0 Å². The number of nitrogens with zero attached hydrogens (tertiary/aromatic N) is 2. The number of hydrogen-bond donors (Lipinski definition) is 0. The molecule has 0 saturated heterocycles. The topological polar surface area (TPSA) is 42.9 Å². The molecule has 0 bridgehead atoms. The maximum atomic E-state index is 12.0. The molecule has 1 heterocycles. The Morgan fingerprint density at radius 1 is 1.38 bits per heavy atom. The average Bonchev–Trinajstić information content (AvgIpc) is 2.02. The number of alkyl halides is 3. The van der Waals surface area contributed by atoms with Gasteiger partial charge in [0.1, 0.15) is 5.69 Å². The van der Waals surface area contributed by atoms with Gasteiger partial charge >= 0.3 is 6.18 Å². The molecule has 0 unspecified atom stereocenters. The van der Waals surface area contributed by atoms with E-state index in [9.17, 15) is 18.0 Å². The van der Waals surface area contributed by atoms with E-state index in [1.54, 1.807) is 22.6 Å². The van der Waals surface area contributed by atoms with Crippen molar-refractivity contribution in [1.29, 1.82) is 0 Å². The number of hydrogen-bond acceptors (Lipinski definition) is 3. The summed E-state index contributed by atoms with van der Waals surface area (Å²) in [5.41, 5.74) is -1.18. The molecule has 0 aliphatic heterocycles. The van der Waals surface area contributed by atoms with Crippen molar-refractivity contribution in [2.24, 2.45) is 0 Å². The summed E-state index contributed by atoms with van der Waals surface area (Å²) < 4.78 is 36.2. The number of carbonyl (C=O) groups excluding carboxylic acids is 1. The molecule has 70 valence electrons. The predicted molar refractivity (Wildman–Crippen MR) is 45.1 cm³/mol. The third kappa shape index (κ3) is 2.36. The summed E-state index contributed by atoms with van der Waals surface area (Å²) in [7, 11) is 0. The molecule has 0 atom stereocenters. The van der Waals surface area contributed by atoms with E-state index in [2.05, 4.69) is 10.2 Å². The first-order valence-electron chi connectivity index (χ1n) is 3.00. The van der Waals surface area contributed by atoms with Crippen LogP contribution in [0.25, 0.3) is 0 Å². The molecule has 0 fully saturated rings. The number of carbonyl (C=O) groups is 1. The van der Waals surface area contributed by atoms with Crippen LogP contribution in [0.2, 0.25) is 0 Å². The van der Waals surface area contributed by atoms with Crippen LogP contribution in [-0.4, -0.2) is 16.5 Å². The largest absolute Gasteiger partial charge is 0.435 e. The molecule has 0 amide bonds. The molecule has 1 rings (SSSR count). The minimum absolute atomic E-state index is 0.0893. The molecular weight excluding hydrogens is 300 g/mol. The summed E-state index contributed by atoms with van der Waals surface area (Å²) >= 11 is 1.59. The zero-order valence-corrected chi connectivity index (χ0v) is 8.13. The summed E-state index contributed by atoms with van der Waals surface area (Å²) in [5, 5.41) is 5.99. The Bertz CT molecular complexity index is 339. The Balaban J connectivity index is 3.17. The second-order valence-corrected chi connectivity index (χ2v) is 3.24. The van der Waals surface area contributed by atoms with Crippen LogP contribution in [0, 0.1) is 3.57 Å². The number of aromatic nitrogens is 2. The van der Waals surface area contributed by atoms with Crippen LogP contribution in [0.4, 0.5) is 13.2 Å². The van der Waals surface area contributed by atoms with E-state index in [-0.39, 0.29) is 9.26 Å². The van der Waals surface area contributed by atoms with Crippen molar-refractivity contribution >= 4 is 28.9 Å². The molecule has 0 aromatic carbocycles. The van der Waals surface area contributed by atoms with Gasteiger partial charge in [0.05, 0.1) is 0 Å². The third-order valence-corrected chi connectivity index (χ3v) is 2.04. The van der Waals surface area contributed by atoms with E-state index in [0.29, 0.717) is 6.29 Å². The molecule has 0 aliphatic rings. The van der Waals surface area contributed by atoms with Gasteiger partial charge in [-0.1, -0.05) is 0 Å². The second kappa shape index (κ2) is 3.56. The van der Waals surface area contributed by atoms with Crippen molar-refractivity contribution < 1.29 is 18.0 Å². The lowest BCUT2D eigenvalue weighted by molar-refractivity contribution is -0.141. The minimum atomic E-state index is -4.52. The van der Waals surface area contributed by atoms with Crippen LogP contribution in [-0.2, 0) is 6.18 Å². The molecule has 0 N–H and O–H groups in total. The Kier molecular flexibility index (Phi) is 2.84. The van der Waals surface area contributed by atoms with E-state index in [0.717, 1.165) is 6.07 Å². The van der Waals surface area contributed by atoms with Crippen molar-refractivity contribution in [3.8, 4) is 0 Å². The predicted octanol–water partition coefficient (Wildman–Crippen LogP) is 1.91. The smallest absolute Gasteiger partial charge is 0.296 e. The second-order valence-electron chi connectivity index (χ2n) is 2.08. The molecule has 0 aliphatic carbocycles. The first-order chi connectivity index (χ1) is 5.95. The fourth-order valence-corrected chi connectivity index (χ4v) is 1.13. The highest BCUT2D eigenvalue weighted by molar-refractivity contribution is 14.1. The maximum Gasteiger partial charge on any atom is 0.435 e. The minimum Gasteiger partial charge on any atom is -0.296 e. The molecule has 0 spiro atoms. The Hall–Kier alpha value is -0.730. The molecule has 0 saturated carbocycles. The first-order valence-corrected chi connectivity index (χ1v) is 4.08. The van der Waals surface area contributed by atoms with Crippen LogP contribution in [0.15, 0.2) is 6.07 Å². The molecule has 13 heavy (non-hydrogen) atoms. The summed E-state index contributed by atoms with van der Waals surface area (Å²) in [4.78, 5) is 10.2. The molecule has 7 heteroatoms. The van der Waals surface area contributed by atoms with E-state index < -0.39 is 11.9 Å². The van der Waals surface area contributed by atoms with Gasteiger partial charge in [0.15, 0.2) is 12.0 Å². The van der Waals surface area contributed by atoms with Gasteiger partial charge < -0.3 is 0 Å². The van der Waals surface area contributed by atoms with Gasteiger partial charge in [-0.05, 0) is 28.7 Å². The lowest BCUT2D eigenvalue weighted by Crippen LogP contribution is -2.11. The maximum absolute atomic E-state index is 12.0. The van der Waals surface area contributed by atoms with Gasteiger partial charge in [0, 0.05) is 3.57 Å². The highest BCUT2D eigenvalue weighted by Crippen LogP contribution is 2.27. The average molecular weight is 302 g/mol. The van der Waals surface area contributed by atoms with Crippen molar-refractivity contribution in [2.75, 3.05) is 0 Å². The SMILES string of the molecule is O=Cc1nnc(C(F)(F)F)cc1I. The Labute approximate surface area is 84.5 Å². The summed E-state index contributed by atoms with van der Waals surface area (Å²) in [6, 6.07) is 0.775. The quantitative estimate of drug-likeness (QED) is 0.588. The van der Waals surface area contributed by atoms with Crippen molar-refractivity contribution in [3.63, 3.8) is 0 Å². The monoisotopic (exact) mass is 302 g/mol. The van der Waals surface area contributed by atoms with E-state index in [1.165, 1.54) is 0 Å². The normalized spacial score (nSPS) is 11.4. The zero-order valence-electron chi connectivity index (χ0n) is 5.97. The van der Waals surface area contributed by atoms with Crippen molar-refractivity contribution in [1.82, 2.24) is 10.2 Å². The van der Waals surface area contributed by atoms with E-state index in [1.807, 2.05) is 0 Å². The van der Waals surface area contributed by atoms with Gasteiger partial charge in [-0.15, -0.1) is 10.2 Å². The van der Waals surface area contributed by atoms with Gasteiger partial charge in [-0.25, -0.2) is 0 Å². The van der Waals surface area contributed by atoms with E-state index >= 15 is 0 Å². The lowest BCUT2D eigenvalue weighted by atomic mass is 10.3. The standard InChI is InChI=1S/C6H2F3IN2O/c7-6(8,9)5-1-3(10)4(2-13)11-12-5/h1-2H.